The Morgan fingerprint density at radius 2 is 2.00 bits per heavy atom. The molecule has 2 aliphatic rings. The minimum atomic E-state index is -0.316. The predicted octanol–water partition coefficient (Wildman–Crippen LogP) is 1.68. The van der Waals surface area contributed by atoms with Crippen molar-refractivity contribution in [3.8, 4) is 0 Å². The van der Waals surface area contributed by atoms with E-state index in [0.29, 0.717) is 19.7 Å². The van der Waals surface area contributed by atoms with Gasteiger partial charge in [-0.25, -0.2) is 0 Å². The first kappa shape index (κ1) is 14.8. The SMILES string of the molecule is CC1CCC(CN)(C(=O)NCCOCC2CC2)CC1. The van der Waals surface area contributed by atoms with Gasteiger partial charge in [0.05, 0.1) is 12.0 Å². The van der Waals surface area contributed by atoms with E-state index in [1.54, 1.807) is 0 Å². The van der Waals surface area contributed by atoms with Gasteiger partial charge in [0.1, 0.15) is 0 Å². The maximum absolute atomic E-state index is 12.3. The van der Waals surface area contributed by atoms with Crippen LogP contribution < -0.4 is 11.1 Å². The number of amides is 1. The molecular formula is C15H28N2O2. The molecule has 1 amide bonds. The molecule has 0 aromatic carbocycles. The van der Waals surface area contributed by atoms with Crippen LogP contribution in [0.3, 0.4) is 0 Å². The van der Waals surface area contributed by atoms with Crippen LogP contribution in [0.1, 0.15) is 45.4 Å². The number of nitrogens with two attached hydrogens (primary N) is 1. The first-order chi connectivity index (χ1) is 9.16. The Bertz CT molecular complexity index is 295. The normalized spacial score (nSPS) is 31.2. The molecule has 0 spiro atoms. The molecule has 4 heteroatoms. The zero-order valence-electron chi connectivity index (χ0n) is 12.1. The number of hydrogen-bond donors (Lipinski definition) is 2. The Hall–Kier alpha value is -0.610. The zero-order chi connectivity index (χ0) is 13.7. The molecule has 19 heavy (non-hydrogen) atoms. The van der Waals surface area contributed by atoms with Gasteiger partial charge in [0.2, 0.25) is 5.91 Å². The first-order valence-electron chi connectivity index (χ1n) is 7.72. The Morgan fingerprint density at radius 1 is 1.32 bits per heavy atom. The summed E-state index contributed by atoms with van der Waals surface area (Å²) >= 11 is 0. The summed E-state index contributed by atoms with van der Waals surface area (Å²) < 4.78 is 5.53. The number of nitrogens with one attached hydrogen (secondary N) is 1. The van der Waals surface area contributed by atoms with Gasteiger partial charge in [-0.3, -0.25) is 4.79 Å². The van der Waals surface area contributed by atoms with E-state index in [-0.39, 0.29) is 11.3 Å². The molecule has 0 bridgehead atoms. The van der Waals surface area contributed by atoms with Crippen LogP contribution >= 0.6 is 0 Å². The molecule has 0 aliphatic heterocycles. The Kier molecular flexibility index (Phi) is 5.22. The monoisotopic (exact) mass is 268 g/mol. The molecule has 2 saturated carbocycles. The maximum Gasteiger partial charge on any atom is 0.227 e. The standard InChI is InChI=1S/C15H28N2O2/c1-12-4-6-15(11-16,7-5-12)14(18)17-8-9-19-10-13-2-3-13/h12-13H,2-11,16H2,1H3,(H,17,18). The summed E-state index contributed by atoms with van der Waals surface area (Å²) in [6.45, 7) is 4.82. The third-order valence-corrected chi connectivity index (χ3v) is 4.69. The maximum atomic E-state index is 12.3. The van der Waals surface area contributed by atoms with Gasteiger partial charge in [0, 0.05) is 19.7 Å². The second-order valence-electron chi connectivity index (χ2n) is 6.44. The Balaban J connectivity index is 1.67. The molecule has 4 nitrogen and oxygen atoms in total. The number of carbonyl (C=O) groups is 1. The van der Waals surface area contributed by atoms with E-state index in [2.05, 4.69) is 12.2 Å². The van der Waals surface area contributed by atoms with Crippen molar-refractivity contribution in [2.75, 3.05) is 26.3 Å². The third-order valence-electron chi connectivity index (χ3n) is 4.69. The Labute approximate surface area is 116 Å². The molecule has 0 aromatic rings. The van der Waals surface area contributed by atoms with Gasteiger partial charge in [-0.2, -0.15) is 0 Å². The highest BCUT2D eigenvalue weighted by Crippen LogP contribution is 2.38. The summed E-state index contributed by atoms with van der Waals surface area (Å²) in [4.78, 5) is 12.3. The average molecular weight is 268 g/mol. The van der Waals surface area contributed by atoms with Crippen molar-refractivity contribution in [1.29, 1.82) is 0 Å². The van der Waals surface area contributed by atoms with Gasteiger partial charge in [0.25, 0.3) is 0 Å². The van der Waals surface area contributed by atoms with Gasteiger partial charge in [-0.15, -0.1) is 0 Å². The van der Waals surface area contributed by atoms with E-state index in [0.717, 1.165) is 44.1 Å². The van der Waals surface area contributed by atoms with E-state index < -0.39 is 0 Å². The summed E-state index contributed by atoms with van der Waals surface area (Å²) in [6, 6.07) is 0. The summed E-state index contributed by atoms with van der Waals surface area (Å²) in [5.41, 5.74) is 5.55. The van der Waals surface area contributed by atoms with Crippen molar-refractivity contribution in [2.45, 2.75) is 45.4 Å². The number of ether oxygens (including phenoxy) is 1. The van der Waals surface area contributed by atoms with Crippen LogP contribution in [-0.2, 0) is 9.53 Å². The van der Waals surface area contributed by atoms with Crippen molar-refractivity contribution < 1.29 is 9.53 Å². The van der Waals surface area contributed by atoms with E-state index >= 15 is 0 Å². The molecular weight excluding hydrogens is 240 g/mol. The van der Waals surface area contributed by atoms with Gasteiger partial charge >= 0.3 is 0 Å². The van der Waals surface area contributed by atoms with Crippen LogP contribution in [0, 0.1) is 17.3 Å². The lowest BCUT2D eigenvalue weighted by atomic mass is 9.70. The minimum absolute atomic E-state index is 0.136. The lowest BCUT2D eigenvalue weighted by molar-refractivity contribution is -0.133. The van der Waals surface area contributed by atoms with Gasteiger partial charge < -0.3 is 15.8 Å². The molecule has 3 N–H and O–H groups in total. The van der Waals surface area contributed by atoms with Gasteiger partial charge in [-0.1, -0.05) is 6.92 Å². The molecule has 2 fully saturated rings. The summed E-state index contributed by atoms with van der Waals surface area (Å²) in [7, 11) is 0. The first-order valence-corrected chi connectivity index (χ1v) is 7.72. The second kappa shape index (κ2) is 6.71. The summed E-state index contributed by atoms with van der Waals surface area (Å²) in [5.74, 6) is 1.65. The van der Waals surface area contributed by atoms with Crippen LogP contribution in [0.2, 0.25) is 0 Å². The van der Waals surface area contributed by atoms with E-state index in [9.17, 15) is 4.79 Å². The van der Waals surface area contributed by atoms with Crippen molar-refractivity contribution in [3.63, 3.8) is 0 Å². The zero-order valence-corrected chi connectivity index (χ0v) is 12.1. The molecule has 0 saturated heterocycles. The highest BCUT2D eigenvalue weighted by atomic mass is 16.5. The van der Waals surface area contributed by atoms with Crippen LogP contribution in [0.15, 0.2) is 0 Å². The molecule has 0 unspecified atom stereocenters. The van der Waals surface area contributed by atoms with Crippen LogP contribution in [0.25, 0.3) is 0 Å². The smallest absolute Gasteiger partial charge is 0.227 e. The van der Waals surface area contributed by atoms with Crippen molar-refractivity contribution in [1.82, 2.24) is 5.32 Å². The predicted molar refractivity (Wildman–Crippen MR) is 75.7 cm³/mol. The van der Waals surface area contributed by atoms with Gasteiger partial charge in [0.15, 0.2) is 0 Å². The largest absolute Gasteiger partial charge is 0.379 e. The number of hydrogen-bond acceptors (Lipinski definition) is 3. The van der Waals surface area contributed by atoms with Crippen LogP contribution in [-0.4, -0.2) is 32.2 Å². The van der Waals surface area contributed by atoms with Crippen LogP contribution in [0.4, 0.5) is 0 Å². The fraction of sp³-hybridized carbons (Fsp3) is 0.933. The molecule has 0 atom stereocenters. The lowest BCUT2D eigenvalue weighted by Gasteiger charge is -2.37. The molecule has 0 heterocycles. The Morgan fingerprint density at radius 3 is 2.58 bits per heavy atom. The highest BCUT2D eigenvalue weighted by Gasteiger charge is 2.39. The van der Waals surface area contributed by atoms with Crippen LogP contribution in [0.5, 0.6) is 0 Å². The quantitative estimate of drug-likeness (QED) is 0.691. The van der Waals surface area contributed by atoms with E-state index in [1.165, 1.54) is 12.8 Å². The minimum Gasteiger partial charge on any atom is -0.379 e. The fourth-order valence-corrected chi connectivity index (χ4v) is 2.80. The molecule has 2 rings (SSSR count). The second-order valence-corrected chi connectivity index (χ2v) is 6.44. The van der Waals surface area contributed by atoms with Crippen molar-refractivity contribution in [2.24, 2.45) is 23.0 Å². The molecule has 2 aliphatic carbocycles. The molecule has 0 aromatic heterocycles. The third kappa shape index (κ3) is 4.18. The fourth-order valence-electron chi connectivity index (χ4n) is 2.80. The van der Waals surface area contributed by atoms with Crippen molar-refractivity contribution >= 4 is 5.91 Å². The summed E-state index contributed by atoms with van der Waals surface area (Å²) in [5, 5.41) is 3.01. The molecule has 0 radical (unpaired) electrons. The number of rotatable bonds is 7. The van der Waals surface area contributed by atoms with Crippen molar-refractivity contribution in [3.05, 3.63) is 0 Å². The highest BCUT2D eigenvalue weighted by molar-refractivity contribution is 5.83. The summed E-state index contributed by atoms with van der Waals surface area (Å²) in [6.07, 6.45) is 6.70. The lowest BCUT2D eigenvalue weighted by Crippen LogP contribution is -2.48. The topological polar surface area (TPSA) is 64.4 Å². The average Bonchev–Trinajstić information content (AvgIpc) is 3.23. The van der Waals surface area contributed by atoms with E-state index in [1.807, 2.05) is 0 Å². The number of carbonyl (C=O) groups excluding carboxylic acids is 1. The molecule has 110 valence electrons. The van der Waals surface area contributed by atoms with Gasteiger partial charge in [-0.05, 0) is 50.4 Å². The van der Waals surface area contributed by atoms with E-state index in [4.69, 9.17) is 10.5 Å².